The first-order valence-electron chi connectivity index (χ1n) is 9.46. The van der Waals surface area contributed by atoms with Crippen LogP contribution in [-0.2, 0) is 4.74 Å². The summed E-state index contributed by atoms with van der Waals surface area (Å²) in [6.07, 6.45) is 5.22. The number of ether oxygens (including phenoxy) is 1. The number of pyridine rings is 1. The molecule has 0 aliphatic heterocycles. The van der Waals surface area contributed by atoms with Crippen LogP contribution in [0.2, 0.25) is 0 Å². The van der Waals surface area contributed by atoms with Crippen LogP contribution in [0.4, 0.5) is 5.95 Å². The molecular weight excluding hydrogens is 364 g/mol. The van der Waals surface area contributed by atoms with E-state index in [-0.39, 0.29) is 5.69 Å². The summed E-state index contributed by atoms with van der Waals surface area (Å²) in [6, 6.07) is 13.1. The summed E-state index contributed by atoms with van der Waals surface area (Å²) in [6.45, 7) is 2.42. The first kappa shape index (κ1) is 20.0. The molecule has 1 N–H and O–H groups in total. The number of hydrogen-bond donors (Lipinski definition) is 1. The maximum Gasteiger partial charge on any atom is 0.357 e. The van der Waals surface area contributed by atoms with Crippen molar-refractivity contribution in [2.45, 2.75) is 19.8 Å². The van der Waals surface area contributed by atoms with Gasteiger partial charge in [0.2, 0.25) is 5.95 Å². The Bertz CT molecular complexity index is 1020. The van der Waals surface area contributed by atoms with Gasteiger partial charge in [0.25, 0.3) is 0 Å². The van der Waals surface area contributed by atoms with Crippen molar-refractivity contribution in [3.8, 4) is 23.1 Å². The predicted octanol–water partition coefficient (Wildman–Crippen LogP) is 3.94. The molecule has 2 heterocycles. The normalized spacial score (nSPS) is 10.0. The molecule has 0 radical (unpaired) electrons. The van der Waals surface area contributed by atoms with E-state index in [0.717, 1.165) is 29.5 Å². The van der Waals surface area contributed by atoms with Gasteiger partial charge in [-0.15, -0.1) is 0 Å². The highest BCUT2D eigenvalue weighted by atomic mass is 16.5. The quantitative estimate of drug-likeness (QED) is 0.393. The Hall–Kier alpha value is -3.72. The number of aromatic nitrogens is 3. The summed E-state index contributed by atoms with van der Waals surface area (Å²) in [5, 5.41) is 2.89. The molecule has 146 valence electrons. The summed E-state index contributed by atoms with van der Waals surface area (Å²) < 4.78 is 5.27. The average Bonchev–Trinajstić information content (AvgIpc) is 2.78. The zero-order valence-corrected chi connectivity index (χ0v) is 16.5. The first-order valence-corrected chi connectivity index (χ1v) is 9.46. The molecule has 0 atom stereocenters. The number of unbranched alkanes of at least 4 members (excludes halogenated alkanes) is 1. The van der Waals surface area contributed by atoms with E-state index in [0.29, 0.717) is 18.2 Å². The Balaban J connectivity index is 1.81. The molecule has 0 spiro atoms. The molecule has 6 nitrogen and oxygen atoms in total. The van der Waals surface area contributed by atoms with E-state index < -0.39 is 5.97 Å². The molecule has 0 aliphatic rings. The second-order valence-electron chi connectivity index (χ2n) is 6.27. The fourth-order valence-corrected chi connectivity index (χ4v) is 2.50. The standard InChI is InChI=1S/C23H22N4O2/c1-3-4-14-29-22(28)21-15-20(26-23(24-2)27-21)19-11-9-17(10-12-19)7-8-18-6-5-13-25-16-18/h5-6,9-13,15-16H,3-4,14H2,1-2H3,(H,24,26,27). The van der Waals surface area contributed by atoms with Crippen LogP contribution in [-0.4, -0.2) is 34.6 Å². The number of benzene rings is 1. The van der Waals surface area contributed by atoms with Gasteiger partial charge in [-0.25, -0.2) is 14.8 Å². The maximum absolute atomic E-state index is 12.3. The molecule has 2 aromatic heterocycles. The number of rotatable bonds is 6. The second kappa shape index (κ2) is 10.00. The van der Waals surface area contributed by atoms with Crippen LogP contribution in [0.15, 0.2) is 54.9 Å². The van der Waals surface area contributed by atoms with Crippen molar-refractivity contribution in [1.82, 2.24) is 15.0 Å². The van der Waals surface area contributed by atoms with Gasteiger partial charge in [-0.05, 0) is 36.8 Å². The number of nitrogens with zero attached hydrogens (tertiary/aromatic N) is 3. The number of anilines is 1. The topological polar surface area (TPSA) is 77.0 Å². The van der Waals surface area contributed by atoms with Crippen molar-refractivity contribution >= 4 is 11.9 Å². The first-order chi connectivity index (χ1) is 14.2. The predicted molar refractivity (Wildman–Crippen MR) is 112 cm³/mol. The van der Waals surface area contributed by atoms with Crippen molar-refractivity contribution in [3.63, 3.8) is 0 Å². The zero-order valence-electron chi connectivity index (χ0n) is 16.5. The zero-order chi connectivity index (χ0) is 20.5. The summed E-state index contributed by atoms with van der Waals surface area (Å²) in [7, 11) is 1.71. The molecule has 3 aromatic rings. The highest BCUT2D eigenvalue weighted by Gasteiger charge is 2.13. The SMILES string of the molecule is CCCCOC(=O)c1cc(-c2ccc(C#Cc3cccnc3)cc2)nc(NC)n1. The lowest BCUT2D eigenvalue weighted by atomic mass is 10.1. The van der Waals surface area contributed by atoms with Crippen LogP contribution in [0.5, 0.6) is 0 Å². The lowest BCUT2D eigenvalue weighted by Crippen LogP contribution is -2.11. The Labute approximate surface area is 170 Å². The van der Waals surface area contributed by atoms with Crippen molar-refractivity contribution < 1.29 is 9.53 Å². The van der Waals surface area contributed by atoms with E-state index in [4.69, 9.17) is 4.74 Å². The Morgan fingerprint density at radius 3 is 2.59 bits per heavy atom. The third kappa shape index (κ3) is 5.63. The largest absolute Gasteiger partial charge is 0.461 e. The molecule has 1 aromatic carbocycles. The van der Waals surface area contributed by atoms with Gasteiger partial charge in [0.1, 0.15) is 0 Å². The average molecular weight is 386 g/mol. The van der Waals surface area contributed by atoms with Gasteiger partial charge in [-0.2, -0.15) is 0 Å². The monoisotopic (exact) mass is 386 g/mol. The number of hydrogen-bond acceptors (Lipinski definition) is 6. The van der Waals surface area contributed by atoms with Crippen molar-refractivity contribution in [1.29, 1.82) is 0 Å². The minimum atomic E-state index is -0.447. The summed E-state index contributed by atoms with van der Waals surface area (Å²) in [4.78, 5) is 25.0. The van der Waals surface area contributed by atoms with Crippen molar-refractivity contribution in [2.24, 2.45) is 0 Å². The number of carbonyl (C=O) groups is 1. The van der Waals surface area contributed by atoms with Crippen LogP contribution in [0, 0.1) is 11.8 Å². The van der Waals surface area contributed by atoms with Gasteiger partial charge in [-0.1, -0.05) is 37.3 Å². The minimum absolute atomic E-state index is 0.232. The number of carbonyl (C=O) groups excluding carboxylic acids is 1. The Morgan fingerprint density at radius 2 is 1.90 bits per heavy atom. The van der Waals surface area contributed by atoms with E-state index >= 15 is 0 Å². The molecule has 0 amide bonds. The fourth-order valence-electron chi connectivity index (χ4n) is 2.50. The number of nitrogens with one attached hydrogen (secondary N) is 1. The molecule has 0 fully saturated rings. The van der Waals surface area contributed by atoms with Crippen LogP contribution in [0.3, 0.4) is 0 Å². The van der Waals surface area contributed by atoms with E-state index in [2.05, 4.69) is 32.1 Å². The molecule has 3 rings (SSSR count). The van der Waals surface area contributed by atoms with Gasteiger partial charge < -0.3 is 10.1 Å². The number of esters is 1. The second-order valence-corrected chi connectivity index (χ2v) is 6.27. The molecule has 0 bridgehead atoms. The smallest absolute Gasteiger partial charge is 0.357 e. The van der Waals surface area contributed by atoms with Crippen LogP contribution >= 0.6 is 0 Å². The maximum atomic E-state index is 12.3. The van der Waals surface area contributed by atoms with Crippen LogP contribution in [0.1, 0.15) is 41.4 Å². The lowest BCUT2D eigenvalue weighted by molar-refractivity contribution is 0.0493. The fraction of sp³-hybridized carbons (Fsp3) is 0.217. The molecule has 0 aliphatic carbocycles. The lowest BCUT2D eigenvalue weighted by Gasteiger charge is -2.08. The van der Waals surface area contributed by atoms with Gasteiger partial charge in [0.05, 0.1) is 12.3 Å². The Morgan fingerprint density at radius 1 is 1.10 bits per heavy atom. The van der Waals surface area contributed by atoms with Gasteiger partial charge in [0, 0.05) is 36.1 Å². The van der Waals surface area contributed by atoms with E-state index in [9.17, 15) is 4.79 Å². The molecule has 29 heavy (non-hydrogen) atoms. The summed E-state index contributed by atoms with van der Waals surface area (Å²) >= 11 is 0. The molecule has 0 saturated carbocycles. The molecule has 0 saturated heterocycles. The molecule has 0 unspecified atom stereocenters. The van der Waals surface area contributed by atoms with Gasteiger partial charge >= 0.3 is 5.97 Å². The van der Waals surface area contributed by atoms with E-state index in [1.165, 1.54) is 0 Å². The third-order valence-electron chi connectivity index (χ3n) is 4.08. The van der Waals surface area contributed by atoms with Gasteiger partial charge in [-0.3, -0.25) is 4.98 Å². The van der Waals surface area contributed by atoms with Crippen LogP contribution < -0.4 is 5.32 Å². The molecular formula is C23H22N4O2. The highest BCUT2D eigenvalue weighted by Crippen LogP contribution is 2.20. The van der Waals surface area contributed by atoms with E-state index in [1.807, 2.05) is 43.3 Å². The summed E-state index contributed by atoms with van der Waals surface area (Å²) in [5.74, 6) is 6.11. The molecule has 6 heteroatoms. The van der Waals surface area contributed by atoms with Gasteiger partial charge in [0.15, 0.2) is 5.69 Å². The highest BCUT2D eigenvalue weighted by molar-refractivity contribution is 5.89. The van der Waals surface area contributed by atoms with Crippen molar-refractivity contribution in [3.05, 3.63) is 71.7 Å². The van der Waals surface area contributed by atoms with Crippen LogP contribution in [0.25, 0.3) is 11.3 Å². The summed E-state index contributed by atoms with van der Waals surface area (Å²) in [5.41, 5.74) is 3.46. The van der Waals surface area contributed by atoms with E-state index in [1.54, 1.807) is 25.5 Å². The Kier molecular flexibility index (Phi) is 6.90. The third-order valence-corrected chi connectivity index (χ3v) is 4.08. The minimum Gasteiger partial charge on any atom is -0.461 e. The van der Waals surface area contributed by atoms with Crippen molar-refractivity contribution in [2.75, 3.05) is 19.0 Å².